The third-order valence-electron chi connectivity index (χ3n) is 5.56. The number of benzene rings is 2. The van der Waals surface area contributed by atoms with Gasteiger partial charge >= 0.3 is 0 Å². The van der Waals surface area contributed by atoms with Crippen molar-refractivity contribution in [1.29, 1.82) is 0 Å². The fraction of sp³-hybridized carbons (Fsp3) is 0.261. The normalized spacial score (nSPS) is 15.4. The molecule has 32 heavy (non-hydrogen) atoms. The first-order chi connectivity index (χ1) is 15.3. The number of Topliss-reactive ketones (excluding diaryl/α,β-unsaturated/α-hetero) is 1. The van der Waals surface area contributed by atoms with Crippen LogP contribution in [-0.2, 0) is 14.8 Å². The van der Waals surface area contributed by atoms with Crippen molar-refractivity contribution >= 4 is 27.5 Å². The number of carbonyl (C=O) groups is 2. The summed E-state index contributed by atoms with van der Waals surface area (Å²) in [4.78, 5) is 24.4. The minimum absolute atomic E-state index is 0.0968. The molecule has 1 saturated heterocycles. The van der Waals surface area contributed by atoms with Crippen molar-refractivity contribution in [3.8, 4) is 5.69 Å². The van der Waals surface area contributed by atoms with Crippen molar-refractivity contribution in [1.82, 2.24) is 14.1 Å². The number of carbonyl (C=O) groups excluding carboxylic acids is 2. The average Bonchev–Trinajstić information content (AvgIpc) is 3.28. The summed E-state index contributed by atoms with van der Waals surface area (Å²) in [6, 6.07) is 17.4. The highest BCUT2D eigenvalue weighted by Crippen LogP contribution is 2.25. The SMILES string of the molecule is CC(=O)c1cccc(S(=O)(=O)N2CCC(C(=O)Nc3ccn(-c4ccccc4)n3)CC2)c1. The van der Waals surface area contributed by atoms with Gasteiger partial charge in [0.05, 0.1) is 10.6 Å². The highest BCUT2D eigenvalue weighted by Gasteiger charge is 2.32. The molecule has 2 heterocycles. The minimum atomic E-state index is -3.72. The van der Waals surface area contributed by atoms with Crippen LogP contribution in [0.2, 0.25) is 0 Å². The molecule has 9 heteroatoms. The Morgan fingerprint density at radius 1 is 1.00 bits per heavy atom. The molecular formula is C23H24N4O4S. The molecule has 1 aliphatic heterocycles. The van der Waals surface area contributed by atoms with Crippen LogP contribution in [0.3, 0.4) is 0 Å². The van der Waals surface area contributed by atoms with Crippen LogP contribution in [0.4, 0.5) is 5.82 Å². The number of hydrogen-bond acceptors (Lipinski definition) is 5. The smallest absolute Gasteiger partial charge is 0.243 e. The maximum atomic E-state index is 13.0. The summed E-state index contributed by atoms with van der Waals surface area (Å²) in [6.45, 7) is 1.88. The fourth-order valence-corrected chi connectivity index (χ4v) is 5.24. The second kappa shape index (κ2) is 9.05. The van der Waals surface area contributed by atoms with Crippen LogP contribution in [0, 0.1) is 5.92 Å². The van der Waals surface area contributed by atoms with Gasteiger partial charge in [-0.15, -0.1) is 0 Å². The van der Waals surface area contributed by atoms with E-state index in [9.17, 15) is 18.0 Å². The summed E-state index contributed by atoms with van der Waals surface area (Å²) in [5.74, 6) is -0.201. The molecule has 0 unspecified atom stereocenters. The number of rotatable bonds is 6. The topological polar surface area (TPSA) is 101 Å². The number of anilines is 1. The Balaban J connectivity index is 1.37. The van der Waals surface area contributed by atoms with Crippen LogP contribution in [0.1, 0.15) is 30.1 Å². The molecule has 1 aromatic heterocycles. The predicted octanol–water partition coefficient (Wildman–Crippen LogP) is 3.11. The maximum absolute atomic E-state index is 13.0. The van der Waals surface area contributed by atoms with Crippen molar-refractivity contribution in [2.75, 3.05) is 18.4 Å². The summed E-state index contributed by atoms with van der Waals surface area (Å²) in [5, 5.41) is 7.21. The van der Waals surface area contributed by atoms with Crippen LogP contribution >= 0.6 is 0 Å². The third kappa shape index (κ3) is 4.63. The molecule has 0 bridgehead atoms. The summed E-state index contributed by atoms with van der Waals surface area (Å²) < 4.78 is 29.0. The zero-order valence-electron chi connectivity index (χ0n) is 17.6. The van der Waals surface area contributed by atoms with Crippen LogP contribution in [0.25, 0.3) is 5.69 Å². The molecule has 3 aromatic rings. The van der Waals surface area contributed by atoms with Crippen molar-refractivity contribution in [2.45, 2.75) is 24.7 Å². The Morgan fingerprint density at radius 3 is 2.41 bits per heavy atom. The molecule has 4 rings (SSSR count). The van der Waals surface area contributed by atoms with Gasteiger partial charge in [0.1, 0.15) is 0 Å². The number of para-hydroxylation sites is 1. The van der Waals surface area contributed by atoms with E-state index in [0.29, 0.717) is 24.2 Å². The number of amides is 1. The number of sulfonamides is 1. The molecule has 1 N–H and O–H groups in total. The first-order valence-corrected chi connectivity index (χ1v) is 11.8. The number of aromatic nitrogens is 2. The number of ketones is 1. The van der Waals surface area contributed by atoms with Crippen molar-refractivity contribution in [3.05, 3.63) is 72.4 Å². The lowest BCUT2D eigenvalue weighted by Gasteiger charge is -2.30. The van der Waals surface area contributed by atoms with Crippen molar-refractivity contribution < 1.29 is 18.0 Å². The molecule has 0 aliphatic carbocycles. The Kier molecular flexibility index (Phi) is 6.20. The average molecular weight is 453 g/mol. The molecule has 0 atom stereocenters. The molecule has 8 nitrogen and oxygen atoms in total. The quantitative estimate of drug-likeness (QED) is 0.579. The Bertz CT molecular complexity index is 1230. The Labute approximate surface area is 186 Å². The number of piperidine rings is 1. The van der Waals surface area contributed by atoms with Gasteiger partial charge < -0.3 is 5.32 Å². The zero-order chi connectivity index (χ0) is 22.7. The van der Waals surface area contributed by atoms with Crippen LogP contribution in [0.5, 0.6) is 0 Å². The van der Waals surface area contributed by atoms with Gasteiger partial charge in [0.15, 0.2) is 11.6 Å². The van der Waals surface area contributed by atoms with E-state index < -0.39 is 10.0 Å². The van der Waals surface area contributed by atoms with E-state index >= 15 is 0 Å². The van der Waals surface area contributed by atoms with E-state index in [1.54, 1.807) is 29.1 Å². The number of nitrogens with one attached hydrogen (secondary N) is 1. The first kappa shape index (κ1) is 21.9. The fourth-order valence-electron chi connectivity index (χ4n) is 3.73. The van der Waals surface area contributed by atoms with Gasteiger partial charge in [0, 0.05) is 36.8 Å². The van der Waals surface area contributed by atoms with Gasteiger partial charge in [0.2, 0.25) is 15.9 Å². The van der Waals surface area contributed by atoms with Gasteiger partial charge in [-0.25, -0.2) is 13.1 Å². The van der Waals surface area contributed by atoms with E-state index in [2.05, 4.69) is 10.4 Å². The summed E-state index contributed by atoms with van der Waals surface area (Å²) in [5.41, 5.74) is 1.25. The van der Waals surface area contributed by atoms with Gasteiger partial charge in [0.25, 0.3) is 0 Å². The second-order valence-electron chi connectivity index (χ2n) is 7.73. The molecular weight excluding hydrogens is 428 g/mol. The molecule has 1 aliphatic rings. The highest BCUT2D eigenvalue weighted by atomic mass is 32.2. The standard InChI is InChI=1S/C23H24N4O4S/c1-17(28)19-6-5-9-21(16-19)32(30,31)26-13-10-18(11-14-26)23(29)24-22-12-15-27(25-22)20-7-3-2-4-8-20/h2-9,12,15-16,18H,10-11,13-14H2,1H3,(H,24,25,29). The van der Waals surface area contributed by atoms with Crippen molar-refractivity contribution in [2.24, 2.45) is 5.92 Å². The first-order valence-electron chi connectivity index (χ1n) is 10.4. The highest BCUT2D eigenvalue weighted by molar-refractivity contribution is 7.89. The van der Waals surface area contributed by atoms with Gasteiger partial charge in [-0.1, -0.05) is 30.3 Å². The lowest BCUT2D eigenvalue weighted by Crippen LogP contribution is -2.41. The molecule has 0 radical (unpaired) electrons. The largest absolute Gasteiger partial charge is 0.309 e. The van der Waals surface area contributed by atoms with Gasteiger partial charge in [-0.05, 0) is 44.0 Å². The van der Waals surface area contributed by atoms with E-state index in [1.807, 2.05) is 30.3 Å². The van der Waals surface area contributed by atoms with Crippen molar-refractivity contribution in [3.63, 3.8) is 0 Å². The van der Waals surface area contributed by atoms with E-state index in [4.69, 9.17) is 0 Å². The molecule has 0 spiro atoms. The Hall–Kier alpha value is -3.30. The number of nitrogens with zero attached hydrogens (tertiary/aromatic N) is 3. The monoisotopic (exact) mass is 452 g/mol. The maximum Gasteiger partial charge on any atom is 0.243 e. The lowest BCUT2D eigenvalue weighted by molar-refractivity contribution is -0.120. The lowest BCUT2D eigenvalue weighted by atomic mass is 9.97. The van der Waals surface area contributed by atoms with E-state index in [-0.39, 0.29) is 35.6 Å². The van der Waals surface area contributed by atoms with Crippen LogP contribution in [-0.4, -0.2) is 47.3 Å². The summed E-state index contributed by atoms with van der Waals surface area (Å²) >= 11 is 0. The van der Waals surface area contributed by atoms with Crippen LogP contribution in [0.15, 0.2) is 71.8 Å². The van der Waals surface area contributed by atoms with Gasteiger partial charge in [-0.3, -0.25) is 9.59 Å². The Morgan fingerprint density at radius 2 is 1.72 bits per heavy atom. The second-order valence-corrected chi connectivity index (χ2v) is 9.67. The molecule has 1 amide bonds. The van der Waals surface area contributed by atoms with E-state index in [0.717, 1.165) is 5.69 Å². The molecule has 166 valence electrons. The van der Waals surface area contributed by atoms with E-state index in [1.165, 1.54) is 23.4 Å². The third-order valence-corrected chi connectivity index (χ3v) is 7.46. The zero-order valence-corrected chi connectivity index (χ0v) is 18.5. The molecule has 0 saturated carbocycles. The molecule has 2 aromatic carbocycles. The van der Waals surface area contributed by atoms with Crippen LogP contribution < -0.4 is 5.32 Å². The summed E-state index contributed by atoms with van der Waals surface area (Å²) in [6.07, 6.45) is 2.60. The van der Waals surface area contributed by atoms with Gasteiger partial charge in [-0.2, -0.15) is 9.40 Å². The minimum Gasteiger partial charge on any atom is -0.309 e. The summed E-state index contributed by atoms with van der Waals surface area (Å²) in [7, 11) is -3.72. The molecule has 1 fully saturated rings. The predicted molar refractivity (Wildman–Crippen MR) is 120 cm³/mol. The number of hydrogen-bond donors (Lipinski definition) is 1.